The summed E-state index contributed by atoms with van der Waals surface area (Å²) in [6.45, 7) is 4.21. The lowest BCUT2D eigenvalue weighted by molar-refractivity contribution is -0.126. The van der Waals surface area contributed by atoms with E-state index in [4.69, 9.17) is 4.74 Å². The summed E-state index contributed by atoms with van der Waals surface area (Å²) in [5, 5.41) is 2.89. The third kappa shape index (κ3) is 4.16. The molecule has 1 aliphatic heterocycles. The van der Waals surface area contributed by atoms with Gasteiger partial charge >= 0.3 is 0 Å². The van der Waals surface area contributed by atoms with Crippen molar-refractivity contribution < 1.29 is 18.7 Å². The molecule has 0 saturated carbocycles. The van der Waals surface area contributed by atoms with Crippen molar-refractivity contribution >= 4 is 17.5 Å². The fourth-order valence-electron chi connectivity index (χ4n) is 3.41. The van der Waals surface area contributed by atoms with Gasteiger partial charge in [-0.15, -0.1) is 0 Å². The predicted molar refractivity (Wildman–Crippen MR) is 106 cm³/mol. The molecule has 28 heavy (non-hydrogen) atoms. The Hall–Kier alpha value is -2.89. The summed E-state index contributed by atoms with van der Waals surface area (Å²) in [5.41, 5.74) is 2.65. The Morgan fingerprint density at radius 1 is 1.29 bits per heavy atom. The molecule has 0 aliphatic carbocycles. The molecule has 0 spiro atoms. The minimum atomic E-state index is -0.473. The smallest absolute Gasteiger partial charge is 0.227 e. The number of nitrogens with zero attached hydrogens (tertiary/aromatic N) is 1. The quantitative estimate of drug-likeness (QED) is 0.827. The number of carbonyl (C=O) groups is 2. The second-order valence-corrected chi connectivity index (χ2v) is 7.05. The standard InChI is InChI=1S/C22H25FN2O3/c1-4-15-5-8-18(9-6-15)25-13-17(12-21(25)26)22(27)24-14(2)16-7-10-20(28-3)19(23)11-16/h5-11,14,17H,4,12-13H2,1-3H3,(H,24,27). The highest BCUT2D eigenvalue weighted by Crippen LogP contribution is 2.27. The van der Waals surface area contributed by atoms with Gasteiger partial charge in [-0.2, -0.15) is 0 Å². The van der Waals surface area contributed by atoms with Gasteiger partial charge in [-0.25, -0.2) is 4.39 Å². The van der Waals surface area contributed by atoms with Gasteiger partial charge in [0, 0.05) is 18.7 Å². The molecule has 0 bridgehead atoms. The maximum atomic E-state index is 13.9. The van der Waals surface area contributed by atoms with Gasteiger partial charge < -0.3 is 15.0 Å². The van der Waals surface area contributed by atoms with E-state index in [1.807, 2.05) is 24.3 Å². The zero-order valence-electron chi connectivity index (χ0n) is 16.4. The molecule has 1 heterocycles. The number of methoxy groups -OCH3 is 1. The molecule has 1 saturated heterocycles. The number of rotatable bonds is 6. The van der Waals surface area contributed by atoms with Gasteiger partial charge in [-0.1, -0.05) is 25.1 Å². The number of ether oxygens (including phenoxy) is 1. The number of halogens is 1. The largest absolute Gasteiger partial charge is 0.494 e. The fraction of sp³-hybridized carbons (Fsp3) is 0.364. The Morgan fingerprint density at radius 3 is 2.61 bits per heavy atom. The lowest BCUT2D eigenvalue weighted by Gasteiger charge is -2.19. The minimum Gasteiger partial charge on any atom is -0.494 e. The molecule has 148 valence electrons. The zero-order valence-corrected chi connectivity index (χ0v) is 16.4. The van der Waals surface area contributed by atoms with E-state index in [1.165, 1.54) is 24.8 Å². The van der Waals surface area contributed by atoms with Gasteiger partial charge in [-0.05, 0) is 48.7 Å². The van der Waals surface area contributed by atoms with Crippen LogP contribution in [0.4, 0.5) is 10.1 Å². The molecule has 1 aliphatic rings. The lowest BCUT2D eigenvalue weighted by atomic mass is 10.0. The Kier molecular flexibility index (Phi) is 5.97. The molecule has 6 heteroatoms. The van der Waals surface area contributed by atoms with Crippen LogP contribution < -0.4 is 15.0 Å². The van der Waals surface area contributed by atoms with E-state index >= 15 is 0 Å². The molecule has 2 aromatic carbocycles. The number of aryl methyl sites for hydroxylation is 1. The summed E-state index contributed by atoms with van der Waals surface area (Å²) in [6, 6.07) is 12.1. The van der Waals surface area contributed by atoms with Crippen LogP contribution in [0.15, 0.2) is 42.5 Å². The van der Waals surface area contributed by atoms with Crippen molar-refractivity contribution in [2.75, 3.05) is 18.6 Å². The zero-order chi connectivity index (χ0) is 20.3. The van der Waals surface area contributed by atoms with Crippen molar-refractivity contribution in [3.8, 4) is 5.75 Å². The van der Waals surface area contributed by atoms with E-state index in [2.05, 4.69) is 12.2 Å². The molecular formula is C22H25FN2O3. The van der Waals surface area contributed by atoms with Gasteiger partial charge in [-0.3, -0.25) is 9.59 Å². The van der Waals surface area contributed by atoms with Gasteiger partial charge in [0.05, 0.1) is 19.1 Å². The molecule has 1 fully saturated rings. The first-order valence-electron chi connectivity index (χ1n) is 9.46. The molecular weight excluding hydrogens is 359 g/mol. The number of hydrogen-bond donors (Lipinski definition) is 1. The third-order valence-corrected chi connectivity index (χ3v) is 5.19. The summed E-state index contributed by atoms with van der Waals surface area (Å²) in [6.07, 6.45) is 1.11. The van der Waals surface area contributed by atoms with E-state index in [-0.39, 0.29) is 30.0 Å². The van der Waals surface area contributed by atoms with Crippen LogP contribution in [0.1, 0.15) is 37.4 Å². The molecule has 2 atom stereocenters. The molecule has 3 rings (SSSR count). The average molecular weight is 384 g/mol. The number of nitrogens with one attached hydrogen (secondary N) is 1. The number of carbonyl (C=O) groups excluding carboxylic acids is 2. The van der Waals surface area contributed by atoms with Crippen molar-refractivity contribution in [2.45, 2.75) is 32.7 Å². The molecule has 2 amide bonds. The van der Waals surface area contributed by atoms with Crippen LogP contribution >= 0.6 is 0 Å². The normalized spacial score (nSPS) is 17.5. The molecule has 0 aromatic heterocycles. The van der Waals surface area contributed by atoms with Crippen molar-refractivity contribution in [3.63, 3.8) is 0 Å². The maximum absolute atomic E-state index is 13.9. The molecule has 5 nitrogen and oxygen atoms in total. The molecule has 2 aromatic rings. The first-order chi connectivity index (χ1) is 13.4. The monoisotopic (exact) mass is 384 g/mol. The fourth-order valence-corrected chi connectivity index (χ4v) is 3.41. The number of anilines is 1. The van der Waals surface area contributed by atoms with Crippen LogP contribution in [0.3, 0.4) is 0 Å². The first-order valence-corrected chi connectivity index (χ1v) is 9.46. The minimum absolute atomic E-state index is 0.0625. The summed E-state index contributed by atoms with van der Waals surface area (Å²) >= 11 is 0. The van der Waals surface area contributed by atoms with E-state index in [1.54, 1.807) is 17.9 Å². The Bertz CT molecular complexity index is 867. The number of amides is 2. The number of benzene rings is 2. The highest BCUT2D eigenvalue weighted by Gasteiger charge is 2.35. The topological polar surface area (TPSA) is 58.6 Å². The molecule has 0 radical (unpaired) electrons. The van der Waals surface area contributed by atoms with Crippen LogP contribution in [-0.2, 0) is 16.0 Å². The van der Waals surface area contributed by atoms with Crippen LogP contribution in [0.25, 0.3) is 0 Å². The van der Waals surface area contributed by atoms with Crippen molar-refractivity contribution in [1.29, 1.82) is 0 Å². The third-order valence-electron chi connectivity index (χ3n) is 5.19. The molecule has 2 unspecified atom stereocenters. The van der Waals surface area contributed by atoms with Gasteiger partial charge in [0.1, 0.15) is 0 Å². The lowest BCUT2D eigenvalue weighted by Crippen LogP contribution is -2.34. The summed E-state index contributed by atoms with van der Waals surface area (Å²) < 4.78 is 18.8. The SMILES string of the molecule is CCc1ccc(N2CC(C(=O)NC(C)c3ccc(OC)c(F)c3)CC2=O)cc1. The second kappa shape index (κ2) is 8.42. The Morgan fingerprint density at radius 2 is 2.00 bits per heavy atom. The maximum Gasteiger partial charge on any atom is 0.227 e. The highest BCUT2D eigenvalue weighted by molar-refractivity contribution is 6.00. The highest BCUT2D eigenvalue weighted by atomic mass is 19.1. The summed E-state index contributed by atoms with van der Waals surface area (Å²) in [7, 11) is 1.40. The van der Waals surface area contributed by atoms with Gasteiger partial charge in [0.2, 0.25) is 11.8 Å². The van der Waals surface area contributed by atoms with Crippen LogP contribution in [-0.4, -0.2) is 25.5 Å². The van der Waals surface area contributed by atoms with Crippen molar-refractivity contribution in [2.24, 2.45) is 5.92 Å². The van der Waals surface area contributed by atoms with Crippen LogP contribution in [0.2, 0.25) is 0 Å². The van der Waals surface area contributed by atoms with Gasteiger partial charge in [0.25, 0.3) is 0 Å². The van der Waals surface area contributed by atoms with Crippen molar-refractivity contribution in [3.05, 3.63) is 59.4 Å². The number of hydrogen-bond acceptors (Lipinski definition) is 3. The van der Waals surface area contributed by atoms with Crippen LogP contribution in [0.5, 0.6) is 5.75 Å². The average Bonchev–Trinajstić information content (AvgIpc) is 3.09. The van der Waals surface area contributed by atoms with E-state index in [0.717, 1.165) is 12.1 Å². The summed E-state index contributed by atoms with van der Waals surface area (Å²) in [4.78, 5) is 26.7. The Labute approximate surface area is 164 Å². The first kappa shape index (κ1) is 19.9. The van der Waals surface area contributed by atoms with E-state index in [9.17, 15) is 14.0 Å². The van der Waals surface area contributed by atoms with Crippen LogP contribution in [0, 0.1) is 11.7 Å². The van der Waals surface area contributed by atoms with E-state index in [0.29, 0.717) is 12.1 Å². The molecule has 1 N–H and O–H groups in total. The van der Waals surface area contributed by atoms with E-state index < -0.39 is 11.7 Å². The predicted octanol–water partition coefficient (Wildman–Crippen LogP) is 3.63. The summed E-state index contributed by atoms with van der Waals surface area (Å²) in [5.74, 6) is -1.01. The van der Waals surface area contributed by atoms with Gasteiger partial charge in [0.15, 0.2) is 11.6 Å². The second-order valence-electron chi connectivity index (χ2n) is 7.05. The Balaban J connectivity index is 1.64. The van der Waals surface area contributed by atoms with Crippen molar-refractivity contribution in [1.82, 2.24) is 5.32 Å².